The molecular formula is C17H15BrClN3O3S. The van der Waals surface area contributed by atoms with Crippen molar-refractivity contribution in [2.24, 2.45) is 0 Å². The third-order valence-corrected chi connectivity index (χ3v) is 4.15. The van der Waals surface area contributed by atoms with Crippen LogP contribution < -0.4 is 20.9 Å². The summed E-state index contributed by atoms with van der Waals surface area (Å²) in [4.78, 5) is 24.5. The van der Waals surface area contributed by atoms with E-state index in [1.807, 2.05) is 6.92 Å². The predicted octanol–water partition coefficient (Wildman–Crippen LogP) is 3.45. The molecule has 0 spiro atoms. The topological polar surface area (TPSA) is 79.5 Å². The van der Waals surface area contributed by atoms with Crippen molar-refractivity contribution in [3.05, 3.63) is 63.1 Å². The molecule has 9 heteroatoms. The Morgan fingerprint density at radius 3 is 2.54 bits per heavy atom. The molecular weight excluding hydrogens is 442 g/mol. The Hall–Kier alpha value is -2.16. The summed E-state index contributed by atoms with van der Waals surface area (Å²) in [6, 6.07) is 11.6. The Morgan fingerprint density at radius 1 is 1.12 bits per heavy atom. The Balaban J connectivity index is 1.98. The van der Waals surface area contributed by atoms with Gasteiger partial charge >= 0.3 is 0 Å². The summed E-state index contributed by atoms with van der Waals surface area (Å²) in [5, 5.41) is 2.71. The second-order valence-corrected chi connectivity index (χ2v) is 6.65. The molecule has 0 unspecified atom stereocenters. The molecule has 0 saturated heterocycles. The van der Waals surface area contributed by atoms with Gasteiger partial charge < -0.3 is 4.74 Å². The van der Waals surface area contributed by atoms with Crippen LogP contribution in [-0.2, 0) is 0 Å². The quantitative estimate of drug-likeness (QED) is 0.485. The molecule has 0 atom stereocenters. The molecule has 0 fully saturated rings. The highest BCUT2D eigenvalue weighted by atomic mass is 79.9. The predicted molar refractivity (Wildman–Crippen MR) is 107 cm³/mol. The monoisotopic (exact) mass is 455 g/mol. The van der Waals surface area contributed by atoms with Gasteiger partial charge in [0.2, 0.25) is 0 Å². The van der Waals surface area contributed by atoms with E-state index >= 15 is 0 Å². The minimum absolute atomic E-state index is 0.0715. The molecule has 2 aromatic rings. The highest BCUT2D eigenvalue weighted by molar-refractivity contribution is 9.10. The fourth-order valence-electron chi connectivity index (χ4n) is 1.99. The van der Waals surface area contributed by atoms with Gasteiger partial charge in [-0.05, 0) is 49.5 Å². The van der Waals surface area contributed by atoms with E-state index in [4.69, 9.17) is 28.6 Å². The number of hydrogen-bond donors (Lipinski definition) is 3. The normalized spacial score (nSPS) is 9.96. The number of hydrazine groups is 1. The first-order valence-electron chi connectivity index (χ1n) is 7.51. The zero-order valence-corrected chi connectivity index (χ0v) is 16.8. The molecule has 3 N–H and O–H groups in total. The van der Waals surface area contributed by atoms with Crippen LogP contribution in [0.4, 0.5) is 0 Å². The van der Waals surface area contributed by atoms with Gasteiger partial charge in [0.05, 0.1) is 22.8 Å². The minimum Gasteiger partial charge on any atom is -0.493 e. The highest BCUT2D eigenvalue weighted by Crippen LogP contribution is 2.23. The van der Waals surface area contributed by atoms with Crippen molar-refractivity contribution in [1.82, 2.24) is 16.2 Å². The van der Waals surface area contributed by atoms with Gasteiger partial charge in [-0.15, -0.1) is 0 Å². The lowest BCUT2D eigenvalue weighted by Crippen LogP contribution is -2.48. The molecule has 26 heavy (non-hydrogen) atoms. The van der Waals surface area contributed by atoms with Gasteiger partial charge in [-0.2, -0.15) is 0 Å². The number of carbonyl (C=O) groups excluding carboxylic acids is 2. The zero-order chi connectivity index (χ0) is 19.1. The van der Waals surface area contributed by atoms with Crippen molar-refractivity contribution in [1.29, 1.82) is 0 Å². The number of nitrogens with one attached hydrogen (secondary N) is 3. The lowest BCUT2D eigenvalue weighted by atomic mass is 10.2. The maximum atomic E-state index is 12.4. The average molecular weight is 457 g/mol. The van der Waals surface area contributed by atoms with Crippen molar-refractivity contribution in [3.8, 4) is 5.75 Å². The summed E-state index contributed by atoms with van der Waals surface area (Å²) < 4.78 is 6.15. The first kappa shape index (κ1) is 20.2. The van der Waals surface area contributed by atoms with Crippen LogP contribution in [0.3, 0.4) is 0 Å². The average Bonchev–Trinajstić information content (AvgIpc) is 2.61. The van der Waals surface area contributed by atoms with Gasteiger partial charge in [0, 0.05) is 4.47 Å². The van der Waals surface area contributed by atoms with Crippen LogP contribution in [0.25, 0.3) is 0 Å². The number of benzene rings is 2. The van der Waals surface area contributed by atoms with Crippen molar-refractivity contribution in [3.63, 3.8) is 0 Å². The van der Waals surface area contributed by atoms with E-state index < -0.39 is 11.8 Å². The van der Waals surface area contributed by atoms with Crippen LogP contribution in [0.15, 0.2) is 46.9 Å². The summed E-state index contributed by atoms with van der Waals surface area (Å²) in [6.45, 7) is 2.23. The molecule has 2 rings (SSSR count). The van der Waals surface area contributed by atoms with E-state index in [0.29, 0.717) is 22.9 Å². The minimum atomic E-state index is -0.482. The van der Waals surface area contributed by atoms with Crippen molar-refractivity contribution >= 4 is 56.7 Å². The van der Waals surface area contributed by atoms with E-state index in [9.17, 15) is 9.59 Å². The maximum Gasteiger partial charge on any atom is 0.271 e. The van der Waals surface area contributed by atoms with Crippen molar-refractivity contribution in [2.75, 3.05) is 6.61 Å². The van der Waals surface area contributed by atoms with Crippen LogP contribution in [0, 0.1) is 0 Å². The molecule has 0 saturated carbocycles. The molecule has 0 aliphatic rings. The molecule has 0 bridgehead atoms. The van der Waals surface area contributed by atoms with Crippen molar-refractivity contribution in [2.45, 2.75) is 6.92 Å². The van der Waals surface area contributed by atoms with Crippen LogP contribution in [0.1, 0.15) is 27.6 Å². The molecule has 0 aliphatic heterocycles. The van der Waals surface area contributed by atoms with Crippen LogP contribution in [0.5, 0.6) is 5.75 Å². The van der Waals surface area contributed by atoms with Gasteiger partial charge in [0.1, 0.15) is 5.75 Å². The van der Waals surface area contributed by atoms with E-state index in [1.54, 1.807) is 42.5 Å². The largest absolute Gasteiger partial charge is 0.493 e. The molecule has 2 aromatic carbocycles. The van der Waals surface area contributed by atoms with E-state index in [0.717, 1.165) is 4.47 Å². The molecule has 2 amide bonds. The number of thiocarbonyl (C=S) groups is 1. The second-order valence-electron chi connectivity index (χ2n) is 4.92. The summed E-state index contributed by atoms with van der Waals surface area (Å²) >= 11 is 14.3. The lowest BCUT2D eigenvalue weighted by molar-refractivity contribution is 0.0934. The third-order valence-electron chi connectivity index (χ3n) is 3.12. The first-order valence-corrected chi connectivity index (χ1v) is 9.08. The third kappa shape index (κ3) is 5.42. The maximum absolute atomic E-state index is 12.4. The second kappa shape index (κ2) is 9.51. The first-order chi connectivity index (χ1) is 12.4. The SMILES string of the molecule is CCOc1ccc(Br)cc1C(=O)NC(=S)NNC(=O)c1ccccc1Cl. The van der Waals surface area contributed by atoms with Gasteiger partial charge in [-0.1, -0.05) is 39.7 Å². The number of carbonyl (C=O) groups is 2. The Labute approximate surface area is 169 Å². The van der Waals surface area contributed by atoms with Crippen LogP contribution >= 0.6 is 39.7 Å². The highest BCUT2D eigenvalue weighted by Gasteiger charge is 2.15. The molecule has 0 aromatic heterocycles. The van der Waals surface area contributed by atoms with Gasteiger partial charge in [-0.25, -0.2) is 0 Å². The van der Waals surface area contributed by atoms with Crippen LogP contribution in [-0.4, -0.2) is 23.5 Å². The van der Waals surface area contributed by atoms with E-state index in [-0.39, 0.29) is 10.7 Å². The van der Waals surface area contributed by atoms with Crippen molar-refractivity contribution < 1.29 is 14.3 Å². The molecule has 136 valence electrons. The molecule has 6 nitrogen and oxygen atoms in total. The summed E-state index contributed by atoms with van der Waals surface area (Å²) in [5.41, 5.74) is 5.43. The number of rotatable bonds is 4. The van der Waals surface area contributed by atoms with Gasteiger partial charge in [0.25, 0.3) is 11.8 Å². The number of hydrogen-bond acceptors (Lipinski definition) is 4. The fraction of sp³-hybridized carbons (Fsp3) is 0.118. The number of ether oxygens (including phenoxy) is 1. The molecule has 0 aliphatic carbocycles. The molecule has 0 heterocycles. The Bertz CT molecular complexity index is 848. The summed E-state index contributed by atoms with van der Waals surface area (Å²) in [6.07, 6.45) is 0. The Morgan fingerprint density at radius 2 is 1.85 bits per heavy atom. The number of amides is 2. The van der Waals surface area contributed by atoms with Gasteiger partial charge in [0.15, 0.2) is 5.11 Å². The summed E-state index contributed by atoms with van der Waals surface area (Å²) in [5.74, 6) is -0.528. The Kier molecular flexibility index (Phi) is 7.38. The number of halogens is 2. The van der Waals surface area contributed by atoms with E-state index in [1.165, 1.54) is 0 Å². The zero-order valence-electron chi connectivity index (χ0n) is 13.6. The van der Waals surface area contributed by atoms with E-state index in [2.05, 4.69) is 32.1 Å². The van der Waals surface area contributed by atoms with Gasteiger partial charge in [-0.3, -0.25) is 25.8 Å². The summed E-state index contributed by atoms with van der Waals surface area (Å²) in [7, 11) is 0. The lowest BCUT2D eigenvalue weighted by Gasteiger charge is -2.13. The van der Waals surface area contributed by atoms with Crippen LogP contribution in [0.2, 0.25) is 5.02 Å². The standard InChI is InChI=1S/C17H15BrClN3O3S/c1-2-25-14-8-7-10(18)9-12(14)15(23)20-17(26)22-21-16(24)11-5-3-4-6-13(11)19/h3-9H,2H2,1H3,(H,21,24)(H2,20,22,23,26). The fourth-order valence-corrected chi connectivity index (χ4v) is 2.72. The molecule has 0 radical (unpaired) electrons. The smallest absolute Gasteiger partial charge is 0.271 e.